The Balaban J connectivity index is 2.37. The number of aryl methyl sites for hydroxylation is 1. The van der Waals surface area contributed by atoms with Gasteiger partial charge in [0.2, 0.25) is 0 Å². The van der Waals surface area contributed by atoms with Gasteiger partial charge >= 0.3 is 0 Å². The molecule has 0 unspecified atom stereocenters. The van der Waals surface area contributed by atoms with Crippen LogP contribution in [0.3, 0.4) is 0 Å². The first-order chi connectivity index (χ1) is 9.66. The van der Waals surface area contributed by atoms with Crippen molar-refractivity contribution in [3.63, 3.8) is 0 Å². The molecule has 0 saturated carbocycles. The number of hydrogen-bond donors (Lipinski definition) is 1. The Labute approximate surface area is 118 Å². The highest BCUT2D eigenvalue weighted by atomic mass is 16.5. The molecule has 0 atom stereocenters. The second-order valence-corrected chi connectivity index (χ2v) is 4.39. The van der Waals surface area contributed by atoms with Crippen molar-refractivity contribution in [2.24, 2.45) is 0 Å². The lowest BCUT2D eigenvalue weighted by Gasteiger charge is -2.12. The molecule has 4 heteroatoms. The molecule has 0 heterocycles. The van der Waals surface area contributed by atoms with E-state index in [1.165, 1.54) is 0 Å². The van der Waals surface area contributed by atoms with E-state index in [9.17, 15) is 5.26 Å². The zero-order chi connectivity index (χ0) is 14.5. The number of nitriles is 1. The van der Waals surface area contributed by atoms with Gasteiger partial charge in [-0.3, -0.25) is 0 Å². The van der Waals surface area contributed by atoms with Crippen LogP contribution in [0.4, 0.5) is 11.4 Å². The molecule has 102 valence electrons. The third-order valence-electron chi connectivity index (χ3n) is 2.93. The van der Waals surface area contributed by atoms with Gasteiger partial charge in [0.1, 0.15) is 17.6 Å². The SMILES string of the molecule is COc1cc(Nc2ccc(C)cc2C#N)cc(OC)c1. The second kappa shape index (κ2) is 5.98. The lowest BCUT2D eigenvalue weighted by atomic mass is 10.1. The summed E-state index contributed by atoms with van der Waals surface area (Å²) in [7, 11) is 3.20. The highest BCUT2D eigenvalue weighted by Gasteiger charge is 2.06. The fraction of sp³-hybridized carbons (Fsp3) is 0.188. The molecule has 2 rings (SSSR count). The average molecular weight is 268 g/mol. The van der Waals surface area contributed by atoms with Crippen LogP contribution in [0.1, 0.15) is 11.1 Å². The molecule has 0 fully saturated rings. The molecule has 20 heavy (non-hydrogen) atoms. The Morgan fingerprint density at radius 2 is 1.65 bits per heavy atom. The van der Waals surface area contributed by atoms with Crippen molar-refractivity contribution in [1.82, 2.24) is 0 Å². The molecule has 0 aromatic heterocycles. The molecule has 0 spiro atoms. The maximum atomic E-state index is 9.18. The van der Waals surface area contributed by atoms with Gasteiger partial charge in [0.15, 0.2) is 0 Å². The number of benzene rings is 2. The highest BCUT2D eigenvalue weighted by molar-refractivity contribution is 5.69. The van der Waals surface area contributed by atoms with Crippen LogP contribution in [0.5, 0.6) is 11.5 Å². The number of ether oxygens (including phenoxy) is 2. The fourth-order valence-electron chi connectivity index (χ4n) is 1.89. The Kier molecular flexibility index (Phi) is 4.11. The average Bonchev–Trinajstić information content (AvgIpc) is 2.48. The van der Waals surface area contributed by atoms with Crippen LogP contribution in [-0.2, 0) is 0 Å². The number of hydrogen-bond acceptors (Lipinski definition) is 4. The number of methoxy groups -OCH3 is 2. The van der Waals surface area contributed by atoms with E-state index in [1.807, 2.05) is 37.3 Å². The zero-order valence-corrected chi connectivity index (χ0v) is 11.7. The molecule has 0 saturated heterocycles. The molecule has 0 bridgehead atoms. The summed E-state index contributed by atoms with van der Waals surface area (Å²) in [6, 6.07) is 13.4. The van der Waals surface area contributed by atoms with Gasteiger partial charge in [-0.1, -0.05) is 6.07 Å². The van der Waals surface area contributed by atoms with E-state index < -0.39 is 0 Å². The van der Waals surface area contributed by atoms with E-state index in [0.29, 0.717) is 17.1 Å². The van der Waals surface area contributed by atoms with Gasteiger partial charge in [-0.05, 0) is 24.6 Å². The van der Waals surface area contributed by atoms with Gasteiger partial charge in [-0.2, -0.15) is 5.26 Å². The van der Waals surface area contributed by atoms with Crippen LogP contribution in [0.25, 0.3) is 0 Å². The molecule has 2 aromatic rings. The maximum absolute atomic E-state index is 9.18. The zero-order valence-electron chi connectivity index (χ0n) is 11.7. The van der Waals surface area contributed by atoms with Gasteiger partial charge in [0.25, 0.3) is 0 Å². The minimum absolute atomic E-state index is 0.604. The molecule has 0 radical (unpaired) electrons. The largest absolute Gasteiger partial charge is 0.497 e. The van der Waals surface area contributed by atoms with E-state index >= 15 is 0 Å². The van der Waals surface area contributed by atoms with E-state index in [0.717, 1.165) is 16.9 Å². The third kappa shape index (κ3) is 3.01. The van der Waals surface area contributed by atoms with Crippen LogP contribution < -0.4 is 14.8 Å². The van der Waals surface area contributed by atoms with Crippen molar-refractivity contribution < 1.29 is 9.47 Å². The molecular formula is C16H16N2O2. The molecule has 0 amide bonds. The van der Waals surface area contributed by atoms with Crippen molar-refractivity contribution >= 4 is 11.4 Å². The topological polar surface area (TPSA) is 54.3 Å². The lowest BCUT2D eigenvalue weighted by molar-refractivity contribution is 0.395. The van der Waals surface area contributed by atoms with Crippen LogP contribution in [-0.4, -0.2) is 14.2 Å². The predicted octanol–water partition coefficient (Wildman–Crippen LogP) is 3.63. The van der Waals surface area contributed by atoms with Crippen molar-refractivity contribution in [1.29, 1.82) is 5.26 Å². The summed E-state index contributed by atoms with van der Waals surface area (Å²) >= 11 is 0. The van der Waals surface area contributed by atoms with Crippen molar-refractivity contribution in [3.05, 3.63) is 47.5 Å². The monoisotopic (exact) mass is 268 g/mol. The summed E-state index contributed by atoms with van der Waals surface area (Å²) in [5, 5.41) is 12.4. The lowest BCUT2D eigenvalue weighted by Crippen LogP contribution is -1.96. The van der Waals surface area contributed by atoms with E-state index in [2.05, 4.69) is 11.4 Å². The first kappa shape index (κ1) is 13.8. The maximum Gasteiger partial charge on any atom is 0.124 e. The first-order valence-electron chi connectivity index (χ1n) is 6.17. The number of nitrogens with zero attached hydrogens (tertiary/aromatic N) is 1. The van der Waals surface area contributed by atoms with Crippen molar-refractivity contribution in [2.75, 3.05) is 19.5 Å². The van der Waals surface area contributed by atoms with Gasteiger partial charge in [0.05, 0.1) is 25.5 Å². The van der Waals surface area contributed by atoms with E-state index in [4.69, 9.17) is 9.47 Å². The smallest absolute Gasteiger partial charge is 0.124 e. The summed E-state index contributed by atoms with van der Waals surface area (Å²) in [6.07, 6.45) is 0. The summed E-state index contributed by atoms with van der Waals surface area (Å²) in [6.45, 7) is 1.96. The Morgan fingerprint density at radius 1 is 1.00 bits per heavy atom. The summed E-state index contributed by atoms with van der Waals surface area (Å²) in [4.78, 5) is 0. The van der Waals surface area contributed by atoms with E-state index in [-0.39, 0.29) is 0 Å². The Morgan fingerprint density at radius 3 is 2.20 bits per heavy atom. The number of rotatable bonds is 4. The van der Waals surface area contributed by atoms with Crippen LogP contribution >= 0.6 is 0 Å². The predicted molar refractivity (Wildman–Crippen MR) is 78.7 cm³/mol. The number of anilines is 2. The normalized spacial score (nSPS) is 9.70. The molecule has 0 aliphatic rings. The van der Waals surface area contributed by atoms with E-state index in [1.54, 1.807) is 20.3 Å². The summed E-state index contributed by atoms with van der Waals surface area (Å²) in [5.41, 5.74) is 3.22. The van der Waals surface area contributed by atoms with Gasteiger partial charge in [-0.15, -0.1) is 0 Å². The summed E-state index contributed by atoms with van der Waals surface area (Å²) < 4.78 is 10.5. The minimum atomic E-state index is 0.604. The molecule has 0 aliphatic heterocycles. The van der Waals surface area contributed by atoms with Crippen LogP contribution in [0.2, 0.25) is 0 Å². The first-order valence-corrected chi connectivity index (χ1v) is 6.17. The standard InChI is InChI=1S/C16H16N2O2/c1-11-4-5-16(12(6-11)10-17)18-13-7-14(19-2)9-15(8-13)20-3/h4-9,18H,1-3H3. The minimum Gasteiger partial charge on any atom is -0.497 e. The number of nitrogens with one attached hydrogen (secondary N) is 1. The molecule has 0 aliphatic carbocycles. The fourth-order valence-corrected chi connectivity index (χ4v) is 1.89. The van der Waals surface area contributed by atoms with Crippen LogP contribution in [0, 0.1) is 18.3 Å². The van der Waals surface area contributed by atoms with Gasteiger partial charge < -0.3 is 14.8 Å². The second-order valence-electron chi connectivity index (χ2n) is 4.39. The highest BCUT2D eigenvalue weighted by Crippen LogP contribution is 2.29. The van der Waals surface area contributed by atoms with Crippen molar-refractivity contribution in [2.45, 2.75) is 6.92 Å². The molecular weight excluding hydrogens is 252 g/mol. The third-order valence-corrected chi connectivity index (χ3v) is 2.93. The Bertz CT molecular complexity index is 638. The Hall–Kier alpha value is -2.67. The van der Waals surface area contributed by atoms with Gasteiger partial charge in [0, 0.05) is 23.9 Å². The molecule has 4 nitrogen and oxygen atoms in total. The van der Waals surface area contributed by atoms with Crippen LogP contribution in [0.15, 0.2) is 36.4 Å². The quantitative estimate of drug-likeness (QED) is 0.920. The van der Waals surface area contributed by atoms with Crippen molar-refractivity contribution in [3.8, 4) is 17.6 Å². The van der Waals surface area contributed by atoms with Gasteiger partial charge in [-0.25, -0.2) is 0 Å². The summed E-state index contributed by atoms with van der Waals surface area (Å²) in [5.74, 6) is 1.38. The molecule has 2 aromatic carbocycles. The molecule has 1 N–H and O–H groups in total.